The minimum Gasteiger partial charge on any atom is -0.368 e. The first-order valence-corrected chi connectivity index (χ1v) is 20.2. The zero-order valence-corrected chi connectivity index (χ0v) is 33.3. The van der Waals surface area contributed by atoms with E-state index in [1.807, 2.05) is 12.1 Å². The van der Waals surface area contributed by atoms with Gasteiger partial charge in [0.25, 0.3) is 11.8 Å². The average molecular weight is 796 g/mol. The molecule has 4 aromatic rings. The van der Waals surface area contributed by atoms with E-state index in [2.05, 4.69) is 52.2 Å². The topological polar surface area (TPSA) is 173 Å². The van der Waals surface area contributed by atoms with Crippen LogP contribution in [0.5, 0.6) is 0 Å². The number of piperidine rings is 1. The number of amides is 6. The number of anilines is 1. The molecule has 0 bridgehead atoms. The smallest absolute Gasteiger partial charge is 0.262 e. The van der Waals surface area contributed by atoms with E-state index in [1.165, 1.54) is 0 Å². The van der Waals surface area contributed by atoms with Crippen molar-refractivity contribution in [1.82, 2.24) is 25.4 Å². The van der Waals surface area contributed by atoms with E-state index in [4.69, 9.17) is 6.57 Å². The number of carbonyl (C=O) groups excluding carboxylic acids is 7. The Kier molecular flexibility index (Phi) is 10.2. The molecule has 14 heteroatoms. The van der Waals surface area contributed by atoms with Gasteiger partial charge in [-0.15, -0.1) is 0 Å². The Morgan fingerprint density at radius 2 is 1.69 bits per heavy atom. The van der Waals surface area contributed by atoms with Crippen LogP contribution in [0.1, 0.15) is 112 Å². The summed E-state index contributed by atoms with van der Waals surface area (Å²) in [7, 11) is 0. The molecule has 3 N–H and O–H groups in total. The third-order valence-corrected chi connectivity index (χ3v) is 12.3. The van der Waals surface area contributed by atoms with Crippen LogP contribution >= 0.6 is 0 Å². The Balaban J connectivity index is 0.835. The van der Waals surface area contributed by atoms with Gasteiger partial charge < -0.3 is 20.1 Å². The normalized spacial score (nSPS) is 18.4. The third kappa shape index (κ3) is 6.84. The van der Waals surface area contributed by atoms with Crippen molar-refractivity contribution in [1.29, 1.82) is 0 Å². The van der Waals surface area contributed by atoms with Gasteiger partial charge in [-0.05, 0) is 66.6 Å². The molecule has 1 unspecified atom stereocenters. The molecule has 2 fully saturated rings. The Morgan fingerprint density at radius 3 is 2.42 bits per heavy atom. The molecule has 1 atom stereocenters. The van der Waals surface area contributed by atoms with E-state index < -0.39 is 35.1 Å². The molecule has 0 radical (unpaired) electrons. The third-order valence-electron chi connectivity index (χ3n) is 12.3. The van der Waals surface area contributed by atoms with Gasteiger partial charge in [-0.2, -0.15) is 0 Å². The van der Waals surface area contributed by atoms with Gasteiger partial charge in [-0.3, -0.25) is 43.8 Å². The van der Waals surface area contributed by atoms with Crippen molar-refractivity contribution >= 4 is 63.5 Å². The molecule has 3 aliphatic heterocycles. The second-order valence-corrected chi connectivity index (χ2v) is 16.2. The van der Waals surface area contributed by atoms with Crippen LogP contribution in [0.4, 0.5) is 11.4 Å². The molecule has 59 heavy (non-hydrogen) atoms. The fraction of sp³-hybridized carbons (Fsp3) is 0.378. The first kappa shape index (κ1) is 39.2. The molecular formula is C45H45N7O7. The van der Waals surface area contributed by atoms with Crippen LogP contribution < -0.4 is 15.5 Å². The Hall–Kier alpha value is -6.62. The van der Waals surface area contributed by atoms with E-state index in [0.29, 0.717) is 67.9 Å². The van der Waals surface area contributed by atoms with Crippen molar-refractivity contribution in [3.63, 3.8) is 0 Å². The number of aromatic nitrogens is 1. The Morgan fingerprint density at radius 1 is 0.915 bits per heavy atom. The molecule has 14 nitrogen and oxygen atoms in total. The van der Waals surface area contributed by atoms with Gasteiger partial charge in [-0.25, -0.2) is 4.85 Å². The number of carbonyl (C=O) groups is 7. The van der Waals surface area contributed by atoms with Gasteiger partial charge in [-0.1, -0.05) is 45.0 Å². The van der Waals surface area contributed by atoms with E-state index >= 15 is 0 Å². The molecule has 0 saturated carbocycles. The first-order valence-electron chi connectivity index (χ1n) is 20.2. The number of fused-ring (bicyclic) bond motifs is 5. The minimum atomic E-state index is -1.04. The fourth-order valence-corrected chi connectivity index (χ4v) is 9.11. The van der Waals surface area contributed by atoms with Crippen LogP contribution in [0.15, 0.2) is 48.5 Å². The molecule has 4 heterocycles. The minimum absolute atomic E-state index is 0.0227. The van der Waals surface area contributed by atoms with E-state index in [0.717, 1.165) is 44.7 Å². The molecule has 2 saturated heterocycles. The second kappa shape index (κ2) is 15.3. The Bertz CT molecular complexity index is 2540. The number of nitrogens with zero attached hydrogens (tertiary/aromatic N) is 4. The highest BCUT2D eigenvalue weighted by Gasteiger charge is 2.45. The highest BCUT2D eigenvalue weighted by atomic mass is 16.2. The predicted octanol–water partition coefficient (Wildman–Crippen LogP) is 4.73. The zero-order chi connectivity index (χ0) is 41.7. The van der Waals surface area contributed by atoms with Gasteiger partial charge in [0.1, 0.15) is 6.04 Å². The van der Waals surface area contributed by atoms with Crippen LogP contribution in [-0.2, 0) is 37.4 Å². The molecule has 1 aromatic heterocycles. The lowest BCUT2D eigenvalue weighted by Crippen LogP contribution is -2.54. The summed E-state index contributed by atoms with van der Waals surface area (Å²) in [5, 5.41) is 5.89. The second-order valence-electron chi connectivity index (χ2n) is 16.2. The highest BCUT2D eigenvalue weighted by molar-refractivity contribution is 6.24. The van der Waals surface area contributed by atoms with Gasteiger partial charge >= 0.3 is 0 Å². The van der Waals surface area contributed by atoms with Gasteiger partial charge in [0.15, 0.2) is 11.5 Å². The maximum absolute atomic E-state index is 14.1. The lowest BCUT2D eigenvalue weighted by Gasteiger charge is -2.39. The van der Waals surface area contributed by atoms with Crippen molar-refractivity contribution < 1.29 is 33.6 Å². The summed E-state index contributed by atoms with van der Waals surface area (Å²) < 4.78 is 0. The van der Waals surface area contributed by atoms with E-state index in [1.54, 1.807) is 35.2 Å². The average Bonchev–Trinajstić information content (AvgIpc) is 3.75. The molecular weight excluding hydrogens is 751 g/mol. The summed E-state index contributed by atoms with van der Waals surface area (Å²) in [6.45, 7) is 16.3. The Labute approximate surface area is 341 Å². The number of hydrogen-bond acceptors (Lipinski definition) is 8. The first-order chi connectivity index (χ1) is 28.3. The van der Waals surface area contributed by atoms with Crippen molar-refractivity contribution in [3.8, 4) is 0 Å². The summed E-state index contributed by atoms with van der Waals surface area (Å²) in [6, 6.07) is 13.5. The van der Waals surface area contributed by atoms with Crippen molar-refractivity contribution in [3.05, 3.63) is 105 Å². The molecule has 302 valence electrons. The van der Waals surface area contributed by atoms with Crippen LogP contribution in [0.25, 0.3) is 15.7 Å². The van der Waals surface area contributed by atoms with Crippen molar-refractivity contribution in [2.24, 2.45) is 0 Å². The number of nitrogens with one attached hydrogen (secondary N) is 3. The van der Waals surface area contributed by atoms with Crippen LogP contribution in [0.3, 0.4) is 0 Å². The number of piperazine rings is 1. The van der Waals surface area contributed by atoms with Crippen LogP contribution in [0, 0.1) is 6.57 Å². The largest absolute Gasteiger partial charge is 0.368 e. The SMILES string of the molecule is [C-]#[N+]c1ccc2c3c([nH]c2c1)C(C)(C)c1cc(N2CCN(C(=O)CCC(=O)NCCCc4cccc5c4C(=O)N(C4CCC(=O)NC4=O)C5=O)CC2)c(CC)cc1C3=O. The van der Waals surface area contributed by atoms with Crippen LogP contribution in [0.2, 0.25) is 0 Å². The lowest BCUT2D eigenvalue weighted by molar-refractivity contribution is -0.136. The molecule has 1 aliphatic carbocycles. The number of imide groups is 2. The van der Waals surface area contributed by atoms with E-state index in [-0.39, 0.29) is 54.4 Å². The molecule has 8 rings (SSSR count). The van der Waals surface area contributed by atoms with Crippen molar-refractivity contribution in [2.75, 3.05) is 37.6 Å². The number of hydrogen-bond donors (Lipinski definition) is 3. The maximum Gasteiger partial charge on any atom is 0.262 e. The molecule has 4 aliphatic rings. The zero-order valence-electron chi connectivity index (χ0n) is 33.3. The van der Waals surface area contributed by atoms with Gasteiger partial charge in [0, 0.05) is 85.2 Å². The number of aryl methyl sites for hydroxylation is 2. The van der Waals surface area contributed by atoms with Crippen LogP contribution in [-0.4, -0.2) is 94.8 Å². The summed E-state index contributed by atoms with van der Waals surface area (Å²) in [5.41, 5.74) is 7.15. The molecule has 0 spiro atoms. The number of rotatable bonds is 10. The highest BCUT2D eigenvalue weighted by Crippen LogP contribution is 2.46. The predicted molar refractivity (Wildman–Crippen MR) is 218 cm³/mol. The van der Waals surface area contributed by atoms with Gasteiger partial charge in [0.2, 0.25) is 23.6 Å². The summed E-state index contributed by atoms with van der Waals surface area (Å²) in [4.78, 5) is 103. The fourth-order valence-electron chi connectivity index (χ4n) is 9.11. The number of H-pyrrole nitrogens is 1. The summed E-state index contributed by atoms with van der Waals surface area (Å²) >= 11 is 0. The monoisotopic (exact) mass is 795 g/mol. The molecule has 6 amide bonds. The summed E-state index contributed by atoms with van der Waals surface area (Å²) in [6.07, 6.45) is 1.85. The number of aromatic amines is 1. The van der Waals surface area contributed by atoms with Crippen molar-refractivity contribution in [2.45, 2.75) is 77.2 Å². The number of ketones is 1. The van der Waals surface area contributed by atoms with E-state index in [9.17, 15) is 33.6 Å². The number of benzene rings is 3. The maximum atomic E-state index is 14.1. The quantitative estimate of drug-likeness (QED) is 0.117. The summed E-state index contributed by atoms with van der Waals surface area (Å²) in [5.74, 6) is -2.59. The molecule has 3 aromatic carbocycles. The standard InChI is InChI=1S/C45H45N7O7/c1-5-25-22-30-31(45(2,3)41-39(40(30)56)28-12-11-27(46-4)23-32(28)48-41)24-34(25)50-18-20-51(21-19-50)37(55)16-15-35(53)47-17-7-9-26-8-6-10-29-38(26)44(59)52(43(29)58)33-13-14-36(54)49-42(33)57/h6,8,10-12,22-24,33,48H,5,7,9,13-21H2,1-3H3,(H,47,53)(H,49,54,57). The lowest BCUT2D eigenvalue weighted by atomic mass is 9.70. The van der Waals surface area contributed by atoms with Gasteiger partial charge in [0.05, 0.1) is 23.3 Å².